The van der Waals surface area contributed by atoms with Crippen LogP contribution in [-0.4, -0.2) is 11.0 Å². The van der Waals surface area contributed by atoms with Gasteiger partial charge in [-0.2, -0.15) is 0 Å². The zero-order valence-electron chi connectivity index (χ0n) is 6.30. The summed E-state index contributed by atoms with van der Waals surface area (Å²) in [7, 11) is 0. The van der Waals surface area contributed by atoms with E-state index in [2.05, 4.69) is 0 Å². The molecule has 0 aliphatic heterocycles. The highest BCUT2D eigenvalue weighted by Gasteiger charge is 2.10. The van der Waals surface area contributed by atoms with Crippen LogP contribution in [0.3, 0.4) is 0 Å². The summed E-state index contributed by atoms with van der Waals surface area (Å²) in [5.41, 5.74) is 6.59. The molecule has 0 amide bonds. The van der Waals surface area contributed by atoms with Crippen LogP contribution >= 0.6 is 23.2 Å². The molecule has 1 unspecified atom stereocenters. The van der Waals surface area contributed by atoms with E-state index in [4.69, 9.17) is 28.9 Å². The molecule has 1 aromatic carbocycles. The molecule has 12 heavy (non-hydrogen) atoms. The summed E-state index contributed by atoms with van der Waals surface area (Å²) >= 11 is 11.2. The van der Waals surface area contributed by atoms with Gasteiger partial charge in [0.25, 0.3) is 0 Å². The first-order valence-electron chi connectivity index (χ1n) is 3.44. The van der Waals surface area contributed by atoms with Gasteiger partial charge in [-0.25, -0.2) is 0 Å². The highest BCUT2D eigenvalue weighted by Crippen LogP contribution is 2.27. The minimum atomic E-state index is -0.745. The zero-order valence-corrected chi connectivity index (χ0v) is 7.81. The highest BCUT2D eigenvalue weighted by molar-refractivity contribution is 6.33. The van der Waals surface area contributed by atoms with Crippen LogP contribution in [0.25, 0.3) is 0 Å². The average Bonchev–Trinajstić information content (AvgIpc) is 2.08. The van der Waals surface area contributed by atoms with E-state index < -0.39 is 6.10 Å². The molecule has 0 saturated heterocycles. The fourth-order valence-electron chi connectivity index (χ4n) is 0.927. The molecule has 0 aliphatic carbocycles. The third-order valence-electron chi connectivity index (χ3n) is 1.59. The number of alkyl halides is 1. The number of hydrogen-bond donors (Lipinski definition) is 2. The van der Waals surface area contributed by atoms with E-state index in [0.717, 1.165) is 0 Å². The Kier molecular flexibility index (Phi) is 3.20. The van der Waals surface area contributed by atoms with Crippen molar-refractivity contribution in [1.82, 2.24) is 0 Å². The molecule has 0 radical (unpaired) electrons. The Bertz CT molecular complexity index is 278. The van der Waals surface area contributed by atoms with E-state index >= 15 is 0 Å². The van der Waals surface area contributed by atoms with Gasteiger partial charge in [-0.3, -0.25) is 0 Å². The number of anilines is 1. The third kappa shape index (κ3) is 1.83. The van der Waals surface area contributed by atoms with Crippen molar-refractivity contribution in [3.05, 3.63) is 28.8 Å². The van der Waals surface area contributed by atoms with Crippen molar-refractivity contribution >= 4 is 28.9 Å². The van der Waals surface area contributed by atoms with Crippen molar-refractivity contribution in [2.45, 2.75) is 6.10 Å². The Morgan fingerprint density at radius 2 is 2.17 bits per heavy atom. The van der Waals surface area contributed by atoms with E-state index in [1.165, 1.54) is 0 Å². The lowest BCUT2D eigenvalue weighted by molar-refractivity contribution is 0.203. The number of nitrogens with two attached hydrogens (primary N) is 1. The van der Waals surface area contributed by atoms with Crippen molar-refractivity contribution in [3.63, 3.8) is 0 Å². The highest BCUT2D eigenvalue weighted by atomic mass is 35.5. The van der Waals surface area contributed by atoms with Gasteiger partial charge in [0, 0.05) is 5.56 Å². The maximum atomic E-state index is 9.36. The normalized spacial score (nSPS) is 12.9. The molecule has 3 N–H and O–H groups in total. The van der Waals surface area contributed by atoms with Crippen molar-refractivity contribution in [2.24, 2.45) is 0 Å². The van der Waals surface area contributed by atoms with Crippen LogP contribution < -0.4 is 5.73 Å². The fourth-order valence-corrected chi connectivity index (χ4v) is 1.28. The van der Waals surface area contributed by atoms with Crippen molar-refractivity contribution in [1.29, 1.82) is 0 Å². The molecule has 0 fully saturated rings. The van der Waals surface area contributed by atoms with Crippen LogP contribution in [0, 0.1) is 0 Å². The molecule has 1 rings (SSSR count). The molecular weight excluding hydrogens is 197 g/mol. The van der Waals surface area contributed by atoms with Crippen LogP contribution in [0.1, 0.15) is 11.7 Å². The lowest BCUT2D eigenvalue weighted by Crippen LogP contribution is -2.03. The predicted octanol–water partition coefficient (Wildman–Crippen LogP) is 2.19. The molecule has 4 heteroatoms. The molecular formula is C8H9Cl2NO. The molecule has 2 nitrogen and oxygen atoms in total. The van der Waals surface area contributed by atoms with Gasteiger partial charge < -0.3 is 10.8 Å². The monoisotopic (exact) mass is 205 g/mol. The summed E-state index contributed by atoms with van der Waals surface area (Å²) in [5.74, 6) is 0.116. The molecule has 0 bridgehead atoms. The number of nitrogen functional groups attached to an aromatic ring is 1. The molecule has 0 spiro atoms. The quantitative estimate of drug-likeness (QED) is 0.575. The summed E-state index contributed by atoms with van der Waals surface area (Å²) in [6.07, 6.45) is -0.745. The van der Waals surface area contributed by atoms with Gasteiger partial charge in [-0.05, 0) is 6.07 Å². The second kappa shape index (κ2) is 3.99. The van der Waals surface area contributed by atoms with Gasteiger partial charge in [0.05, 0.1) is 22.7 Å². The second-order valence-corrected chi connectivity index (χ2v) is 3.13. The van der Waals surface area contributed by atoms with E-state index in [0.29, 0.717) is 16.3 Å². The Labute approximate surface area is 80.9 Å². The number of rotatable bonds is 2. The maximum Gasteiger partial charge on any atom is 0.0945 e. The number of halogens is 2. The van der Waals surface area contributed by atoms with Crippen molar-refractivity contribution in [2.75, 3.05) is 11.6 Å². The Balaban J connectivity index is 3.07. The lowest BCUT2D eigenvalue weighted by Gasteiger charge is -2.10. The summed E-state index contributed by atoms with van der Waals surface area (Å²) in [6.45, 7) is 0. The minimum absolute atomic E-state index is 0.116. The number of aliphatic hydroxyl groups is 1. The lowest BCUT2D eigenvalue weighted by atomic mass is 10.1. The van der Waals surface area contributed by atoms with Crippen LogP contribution in [-0.2, 0) is 0 Å². The van der Waals surface area contributed by atoms with Gasteiger partial charge >= 0.3 is 0 Å². The first kappa shape index (κ1) is 9.65. The molecule has 0 heterocycles. The summed E-state index contributed by atoms with van der Waals surface area (Å²) in [5, 5.41) is 9.81. The summed E-state index contributed by atoms with van der Waals surface area (Å²) in [4.78, 5) is 0. The third-order valence-corrected chi connectivity index (χ3v) is 2.21. The van der Waals surface area contributed by atoms with Crippen molar-refractivity contribution < 1.29 is 5.11 Å². The smallest absolute Gasteiger partial charge is 0.0945 e. The fraction of sp³-hybridized carbons (Fsp3) is 0.250. The summed E-state index contributed by atoms with van der Waals surface area (Å²) in [6, 6.07) is 5.10. The molecule has 66 valence electrons. The van der Waals surface area contributed by atoms with Gasteiger partial charge in [-0.1, -0.05) is 23.7 Å². The van der Waals surface area contributed by atoms with Crippen molar-refractivity contribution in [3.8, 4) is 0 Å². The maximum absolute atomic E-state index is 9.36. The van der Waals surface area contributed by atoms with E-state index in [1.807, 2.05) is 0 Å². The van der Waals surface area contributed by atoms with Crippen LogP contribution in [0.2, 0.25) is 5.02 Å². The van der Waals surface area contributed by atoms with Gasteiger partial charge in [0.15, 0.2) is 0 Å². The van der Waals surface area contributed by atoms with Gasteiger partial charge in [0.2, 0.25) is 0 Å². The first-order valence-corrected chi connectivity index (χ1v) is 4.36. The predicted molar refractivity (Wildman–Crippen MR) is 51.5 cm³/mol. The summed E-state index contributed by atoms with van der Waals surface area (Å²) < 4.78 is 0. The van der Waals surface area contributed by atoms with Crippen LogP contribution in [0.5, 0.6) is 0 Å². The average molecular weight is 206 g/mol. The second-order valence-electron chi connectivity index (χ2n) is 2.41. The molecule has 1 aromatic rings. The molecule has 1 atom stereocenters. The van der Waals surface area contributed by atoms with Crippen LogP contribution in [0.4, 0.5) is 5.69 Å². The molecule has 0 aromatic heterocycles. The van der Waals surface area contributed by atoms with Gasteiger partial charge in [-0.15, -0.1) is 11.6 Å². The molecule has 0 aliphatic rings. The Morgan fingerprint density at radius 1 is 1.50 bits per heavy atom. The number of para-hydroxylation sites is 1. The van der Waals surface area contributed by atoms with Crippen LogP contribution in [0.15, 0.2) is 18.2 Å². The standard InChI is InChI=1S/C8H9Cl2NO/c9-4-7(12)5-2-1-3-6(10)8(5)11/h1-3,7,12H,4,11H2. The Morgan fingerprint density at radius 3 is 2.75 bits per heavy atom. The number of hydrogen-bond acceptors (Lipinski definition) is 2. The van der Waals surface area contributed by atoms with E-state index in [-0.39, 0.29) is 5.88 Å². The largest absolute Gasteiger partial charge is 0.397 e. The molecule has 0 saturated carbocycles. The zero-order chi connectivity index (χ0) is 9.14. The number of benzene rings is 1. The SMILES string of the molecule is Nc1c(Cl)cccc1C(O)CCl. The topological polar surface area (TPSA) is 46.2 Å². The minimum Gasteiger partial charge on any atom is -0.397 e. The Hall–Kier alpha value is -0.440. The van der Waals surface area contributed by atoms with E-state index in [1.54, 1.807) is 18.2 Å². The van der Waals surface area contributed by atoms with Gasteiger partial charge in [0.1, 0.15) is 0 Å². The number of aliphatic hydroxyl groups excluding tert-OH is 1. The first-order chi connectivity index (χ1) is 5.66. The van der Waals surface area contributed by atoms with E-state index in [9.17, 15) is 5.11 Å².